The minimum absolute atomic E-state index is 0.461. The summed E-state index contributed by atoms with van der Waals surface area (Å²) >= 11 is 0. The Labute approximate surface area is 147 Å². The van der Waals surface area contributed by atoms with Crippen LogP contribution in [0.5, 0.6) is 0 Å². The molecule has 3 aromatic rings. The van der Waals surface area contributed by atoms with E-state index < -0.39 is 0 Å². The van der Waals surface area contributed by atoms with E-state index in [2.05, 4.69) is 26.0 Å². The monoisotopic (exact) mass is 329 g/mol. The second-order valence-electron chi connectivity index (χ2n) is 5.97. The van der Waals surface area contributed by atoms with Crippen molar-refractivity contribution in [1.82, 2.24) is 19.9 Å². The van der Waals surface area contributed by atoms with Crippen molar-refractivity contribution >= 4 is 0 Å². The maximum Gasteiger partial charge on any atom is 0.178 e. The summed E-state index contributed by atoms with van der Waals surface area (Å²) in [7, 11) is 0. The first-order valence-corrected chi connectivity index (χ1v) is 8.28. The normalized spacial score (nSPS) is 10.4. The van der Waals surface area contributed by atoms with Crippen molar-refractivity contribution in [3.8, 4) is 17.6 Å². The summed E-state index contributed by atoms with van der Waals surface area (Å²) in [6, 6.07) is 15.5. The highest BCUT2D eigenvalue weighted by molar-refractivity contribution is 5.49. The fourth-order valence-corrected chi connectivity index (χ4v) is 2.68. The first-order chi connectivity index (χ1) is 12.1. The third kappa shape index (κ3) is 4.45. The molecule has 0 saturated carbocycles. The summed E-state index contributed by atoms with van der Waals surface area (Å²) < 4.78 is 0. The van der Waals surface area contributed by atoms with Crippen LogP contribution in [-0.2, 0) is 12.8 Å². The lowest BCUT2D eigenvalue weighted by Crippen LogP contribution is -2.01. The predicted molar refractivity (Wildman–Crippen MR) is 95.7 cm³/mol. The minimum atomic E-state index is 0.461. The van der Waals surface area contributed by atoms with Crippen molar-refractivity contribution in [2.45, 2.75) is 33.1 Å². The minimum Gasteiger partial charge on any atom is -0.250 e. The molecule has 5 nitrogen and oxygen atoms in total. The predicted octanol–water partition coefficient (Wildman–Crippen LogP) is 3.60. The molecule has 25 heavy (non-hydrogen) atoms. The smallest absolute Gasteiger partial charge is 0.178 e. The molecule has 0 aliphatic heterocycles. The Balaban J connectivity index is 1.71. The lowest BCUT2D eigenvalue weighted by Gasteiger charge is -2.06. The lowest BCUT2D eigenvalue weighted by atomic mass is 10.1. The first kappa shape index (κ1) is 16.7. The van der Waals surface area contributed by atoms with Gasteiger partial charge < -0.3 is 0 Å². The quantitative estimate of drug-likeness (QED) is 0.715. The van der Waals surface area contributed by atoms with E-state index in [-0.39, 0.29) is 0 Å². The van der Waals surface area contributed by atoms with Gasteiger partial charge in [-0.25, -0.2) is 19.9 Å². The molecule has 0 N–H and O–H groups in total. The Bertz CT molecular complexity index is 927. The maximum absolute atomic E-state index is 8.92. The highest BCUT2D eigenvalue weighted by Crippen LogP contribution is 2.15. The molecule has 0 unspecified atom stereocenters. The van der Waals surface area contributed by atoms with E-state index >= 15 is 0 Å². The van der Waals surface area contributed by atoms with Crippen molar-refractivity contribution < 1.29 is 0 Å². The fraction of sp³-hybridized carbons (Fsp3) is 0.250. The van der Waals surface area contributed by atoms with Crippen LogP contribution in [0.3, 0.4) is 0 Å². The molecule has 0 aliphatic rings. The number of aromatic nitrogens is 4. The molecule has 0 radical (unpaired) electrons. The van der Waals surface area contributed by atoms with Gasteiger partial charge in [0.15, 0.2) is 5.82 Å². The molecule has 3 aromatic heterocycles. The SMILES string of the molecule is Cc1cccc(-c2nc(C)cc(CCCc3cccc(C#N)n3)n2)n1. The second-order valence-corrected chi connectivity index (χ2v) is 5.97. The Morgan fingerprint density at radius 3 is 2.44 bits per heavy atom. The molecule has 0 saturated heterocycles. The summed E-state index contributed by atoms with van der Waals surface area (Å²) in [6.45, 7) is 3.94. The van der Waals surface area contributed by atoms with Crippen molar-refractivity contribution in [2.24, 2.45) is 0 Å². The van der Waals surface area contributed by atoms with E-state index in [1.807, 2.05) is 50.2 Å². The summed E-state index contributed by atoms with van der Waals surface area (Å²) in [4.78, 5) is 18.0. The number of rotatable bonds is 5. The van der Waals surface area contributed by atoms with E-state index in [4.69, 9.17) is 5.26 Å². The Hall–Kier alpha value is -3.13. The van der Waals surface area contributed by atoms with Gasteiger partial charge in [0.1, 0.15) is 17.5 Å². The van der Waals surface area contributed by atoms with Crippen molar-refractivity contribution in [3.05, 3.63) is 70.9 Å². The van der Waals surface area contributed by atoms with Crippen molar-refractivity contribution in [3.63, 3.8) is 0 Å². The highest BCUT2D eigenvalue weighted by Gasteiger charge is 2.07. The van der Waals surface area contributed by atoms with Gasteiger partial charge in [-0.15, -0.1) is 0 Å². The average Bonchev–Trinajstić information content (AvgIpc) is 2.61. The van der Waals surface area contributed by atoms with Gasteiger partial charge in [0, 0.05) is 22.8 Å². The summed E-state index contributed by atoms with van der Waals surface area (Å²) in [5.74, 6) is 0.670. The molecule has 0 aliphatic carbocycles. The Kier molecular flexibility index (Phi) is 5.10. The second kappa shape index (κ2) is 7.63. The molecule has 0 fully saturated rings. The van der Waals surface area contributed by atoms with Crippen LogP contribution in [0.25, 0.3) is 11.5 Å². The van der Waals surface area contributed by atoms with Gasteiger partial charge in [-0.3, -0.25) is 0 Å². The number of nitriles is 1. The fourth-order valence-electron chi connectivity index (χ4n) is 2.68. The molecule has 124 valence electrons. The maximum atomic E-state index is 8.92. The van der Waals surface area contributed by atoms with Crippen molar-refractivity contribution in [2.75, 3.05) is 0 Å². The average molecular weight is 329 g/mol. The number of hydrogen-bond donors (Lipinski definition) is 0. The van der Waals surface area contributed by atoms with Gasteiger partial charge in [0.05, 0.1) is 0 Å². The van der Waals surface area contributed by atoms with E-state index in [0.29, 0.717) is 11.5 Å². The van der Waals surface area contributed by atoms with Crippen molar-refractivity contribution in [1.29, 1.82) is 5.26 Å². The third-order valence-corrected chi connectivity index (χ3v) is 3.81. The molecular weight excluding hydrogens is 310 g/mol. The lowest BCUT2D eigenvalue weighted by molar-refractivity contribution is 0.775. The molecule has 0 bridgehead atoms. The molecule has 0 atom stereocenters. The van der Waals surface area contributed by atoms with Crippen LogP contribution in [0, 0.1) is 25.2 Å². The van der Waals surface area contributed by atoms with Crippen LogP contribution in [0.4, 0.5) is 0 Å². The number of hydrogen-bond acceptors (Lipinski definition) is 5. The zero-order chi connectivity index (χ0) is 17.6. The van der Waals surface area contributed by atoms with Gasteiger partial charge in [0.25, 0.3) is 0 Å². The van der Waals surface area contributed by atoms with Crippen LogP contribution in [0.2, 0.25) is 0 Å². The molecule has 5 heteroatoms. The summed E-state index contributed by atoms with van der Waals surface area (Å²) in [5.41, 5.74) is 5.09. The number of aryl methyl sites for hydroxylation is 4. The summed E-state index contributed by atoms with van der Waals surface area (Å²) in [5, 5.41) is 8.92. The van der Waals surface area contributed by atoms with Gasteiger partial charge in [0.2, 0.25) is 0 Å². The zero-order valence-corrected chi connectivity index (χ0v) is 14.4. The standard InChI is InChI=1S/C20H19N5/c1-14-6-3-11-19(22-14)20-23-15(2)12-17(25-20)9-4-7-16-8-5-10-18(13-21)24-16/h3,5-6,8,10-12H,4,7,9H2,1-2H3. The van der Waals surface area contributed by atoms with Crippen LogP contribution in [0.1, 0.15) is 34.9 Å². The van der Waals surface area contributed by atoms with Gasteiger partial charge in [-0.2, -0.15) is 5.26 Å². The van der Waals surface area contributed by atoms with Crippen LogP contribution >= 0.6 is 0 Å². The molecule has 0 amide bonds. The third-order valence-electron chi connectivity index (χ3n) is 3.81. The Morgan fingerprint density at radius 2 is 1.64 bits per heavy atom. The van der Waals surface area contributed by atoms with Crippen LogP contribution in [-0.4, -0.2) is 19.9 Å². The first-order valence-electron chi connectivity index (χ1n) is 8.28. The van der Waals surface area contributed by atoms with Gasteiger partial charge in [-0.05, 0) is 63.4 Å². The zero-order valence-electron chi connectivity index (χ0n) is 14.4. The number of pyridine rings is 2. The molecular formula is C20H19N5. The van der Waals surface area contributed by atoms with E-state index in [1.54, 1.807) is 6.07 Å². The molecule has 0 spiro atoms. The van der Waals surface area contributed by atoms with E-state index in [1.165, 1.54) is 0 Å². The van der Waals surface area contributed by atoms with Gasteiger partial charge in [-0.1, -0.05) is 12.1 Å². The highest BCUT2D eigenvalue weighted by atomic mass is 14.9. The molecule has 3 heterocycles. The van der Waals surface area contributed by atoms with Crippen LogP contribution < -0.4 is 0 Å². The number of nitrogens with zero attached hydrogens (tertiary/aromatic N) is 5. The van der Waals surface area contributed by atoms with E-state index in [0.717, 1.165) is 47.7 Å². The largest absolute Gasteiger partial charge is 0.250 e. The molecule has 0 aromatic carbocycles. The Morgan fingerprint density at radius 1 is 0.840 bits per heavy atom. The van der Waals surface area contributed by atoms with Crippen LogP contribution in [0.15, 0.2) is 42.5 Å². The topological polar surface area (TPSA) is 75.3 Å². The van der Waals surface area contributed by atoms with Gasteiger partial charge >= 0.3 is 0 Å². The summed E-state index contributed by atoms with van der Waals surface area (Å²) in [6.07, 6.45) is 2.57. The molecule has 3 rings (SSSR count). The van der Waals surface area contributed by atoms with E-state index in [9.17, 15) is 0 Å².